The molecule has 0 spiro atoms. The second kappa shape index (κ2) is 8.84. The summed E-state index contributed by atoms with van der Waals surface area (Å²) in [4.78, 5) is 30.0. The van der Waals surface area contributed by atoms with E-state index in [2.05, 4.69) is 25.3 Å². The van der Waals surface area contributed by atoms with E-state index >= 15 is 0 Å². The predicted molar refractivity (Wildman–Crippen MR) is 113 cm³/mol. The molecule has 1 amide bonds. The van der Waals surface area contributed by atoms with E-state index in [-0.39, 0.29) is 5.91 Å². The molecular weight excluding hydrogens is 416 g/mol. The largest absolute Gasteiger partial charge is 0.465 e. The normalized spacial score (nSPS) is 10.6. The van der Waals surface area contributed by atoms with E-state index in [1.807, 2.05) is 18.5 Å². The fraction of sp³-hybridized carbons (Fsp3) is 0.143. The minimum absolute atomic E-state index is 0.214. The number of rotatable bonds is 6. The lowest BCUT2D eigenvalue weighted by molar-refractivity contribution is -0.739. The fourth-order valence-electron chi connectivity index (χ4n) is 2.99. The van der Waals surface area contributed by atoms with E-state index in [4.69, 9.17) is 0 Å². The third-order valence-corrected chi connectivity index (χ3v) is 5.35. The molecule has 4 aromatic rings. The lowest BCUT2D eigenvalue weighted by atomic mass is 10.1. The third kappa shape index (κ3) is 4.33. The van der Waals surface area contributed by atoms with Gasteiger partial charge >= 0.3 is 11.8 Å². The van der Waals surface area contributed by atoms with Crippen LogP contribution in [0.1, 0.15) is 26.3 Å². The second-order valence-corrected chi connectivity index (χ2v) is 7.47. The van der Waals surface area contributed by atoms with Gasteiger partial charge in [-0.05, 0) is 35.9 Å². The van der Waals surface area contributed by atoms with Gasteiger partial charge in [-0.25, -0.2) is 9.78 Å². The molecule has 0 aliphatic rings. The molecule has 2 aromatic heterocycles. The number of hydrogen-bond acceptors (Lipinski definition) is 7. The molecule has 2 aromatic carbocycles. The number of ether oxygens (including phenoxy) is 1. The summed E-state index contributed by atoms with van der Waals surface area (Å²) in [6.45, 7) is 0.332. The summed E-state index contributed by atoms with van der Waals surface area (Å²) in [5.74, 6) is 0.00414. The van der Waals surface area contributed by atoms with Gasteiger partial charge in [-0.2, -0.15) is 4.68 Å². The Bertz CT molecular complexity index is 1220. The summed E-state index contributed by atoms with van der Waals surface area (Å²) in [6, 6.07) is 14.1. The maximum absolute atomic E-state index is 12.7. The van der Waals surface area contributed by atoms with Crippen molar-refractivity contribution in [2.45, 2.75) is 6.54 Å². The topological polar surface area (TPSA) is 103 Å². The highest BCUT2D eigenvalue weighted by molar-refractivity contribution is 7.12. The lowest BCUT2D eigenvalue weighted by Gasteiger charge is -2.07. The van der Waals surface area contributed by atoms with E-state index in [1.165, 1.54) is 18.4 Å². The van der Waals surface area contributed by atoms with Gasteiger partial charge in [0.15, 0.2) is 5.21 Å². The zero-order valence-electron chi connectivity index (χ0n) is 16.8. The monoisotopic (exact) mass is 435 g/mol. The molecule has 9 nitrogen and oxygen atoms in total. The Morgan fingerprint density at radius 3 is 2.68 bits per heavy atom. The van der Waals surface area contributed by atoms with E-state index in [1.54, 1.807) is 58.1 Å². The number of carbonyl (C=O) groups is 2. The minimum Gasteiger partial charge on any atom is -0.465 e. The van der Waals surface area contributed by atoms with Gasteiger partial charge in [0.25, 0.3) is 11.0 Å². The molecule has 0 aliphatic heterocycles. The molecule has 2 heterocycles. The number of methoxy groups -OCH3 is 1. The number of amides is 1. The van der Waals surface area contributed by atoms with Crippen molar-refractivity contribution < 1.29 is 19.0 Å². The number of esters is 1. The first kappa shape index (κ1) is 20.4. The van der Waals surface area contributed by atoms with Crippen LogP contribution in [-0.2, 0) is 18.3 Å². The third-order valence-electron chi connectivity index (χ3n) is 4.62. The van der Waals surface area contributed by atoms with Crippen molar-refractivity contribution in [3.05, 3.63) is 76.8 Å². The summed E-state index contributed by atoms with van der Waals surface area (Å²) in [5, 5.41) is 13.8. The molecule has 0 saturated heterocycles. The number of tetrazole rings is 1. The first-order valence-electron chi connectivity index (χ1n) is 9.34. The van der Waals surface area contributed by atoms with Gasteiger partial charge in [0, 0.05) is 28.5 Å². The van der Waals surface area contributed by atoms with Gasteiger partial charge < -0.3 is 10.1 Å². The van der Waals surface area contributed by atoms with E-state index in [0.29, 0.717) is 28.6 Å². The molecule has 0 aliphatic carbocycles. The minimum atomic E-state index is -0.396. The van der Waals surface area contributed by atoms with Crippen LogP contribution in [0, 0.1) is 0 Å². The van der Waals surface area contributed by atoms with Crippen molar-refractivity contribution in [3.8, 4) is 16.5 Å². The number of nitrogens with zero attached hydrogens (tertiary/aromatic N) is 5. The number of aromatic nitrogens is 5. The fourth-order valence-corrected chi connectivity index (χ4v) is 3.60. The highest BCUT2D eigenvalue weighted by Crippen LogP contribution is 2.16. The summed E-state index contributed by atoms with van der Waals surface area (Å²) < 4.78 is 6.46. The first-order valence-corrected chi connectivity index (χ1v) is 10.2. The highest BCUT2D eigenvalue weighted by Gasteiger charge is 2.22. The summed E-state index contributed by atoms with van der Waals surface area (Å²) in [5.41, 5.74) is 2.60. The van der Waals surface area contributed by atoms with Gasteiger partial charge in [-0.1, -0.05) is 29.5 Å². The molecule has 31 heavy (non-hydrogen) atoms. The van der Waals surface area contributed by atoms with Crippen LogP contribution in [0.5, 0.6) is 0 Å². The van der Waals surface area contributed by atoms with Crippen LogP contribution < -0.4 is 10.00 Å². The van der Waals surface area contributed by atoms with Crippen molar-refractivity contribution >= 4 is 23.2 Å². The smallest absolute Gasteiger partial charge is 0.337 e. The van der Waals surface area contributed by atoms with Crippen LogP contribution in [0.15, 0.2) is 60.1 Å². The van der Waals surface area contributed by atoms with E-state index in [0.717, 1.165) is 11.1 Å². The van der Waals surface area contributed by atoms with E-state index in [9.17, 15) is 9.59 Å². The molecule has 156 valence electrons. The number of hydrogen-bond donors (Lipinski definition) is 1. The standard InChI is InChI=1S/C21H18N6O3S/c1-26-18(24-25-27(26)21-22-10-11-31-21)16-4-3-5-17(12-16)19(28)23-13-14-6-8-15(9-7-14)20(29)30-2/h3-12H,13H2,1-2H3/p+1. The zero-order valence-corrected chi connectivity index (χ0v) is 17.7. The van der Waals surface area contributed by atoms with Gasteiger partial charge in [0.1, 0.15) is 5.10 Å². The Hall–Kier alpha value is -3.92. The lowest BCUT2D eigenvalue weighted by Crippen LogP contribution is -2.40. The van der Waals surface area contributed by atoms with Crippen LogP contribution in [0.4, 0.5) is 0 Å². The van der Waals surface area contributed by atoms with Crippen LogP contribution in [0.3, 0.4) is 0 Å². The van der Waals surface area contributed by atoms with Crippen LogP contribution in [0.25, 0.3) is 16.5 Å². The predicted octanol–water partition coefficient (Wildman–Crippen LogP) is 1.93. The maximum atomic E-state index is 12.7. The number of carbonyl (C=O) groups excluding carboxylic acids is 2. The Morgan fingerprint density at radius 2 is 1.97 bits per heavy atom. The molecule has 0 atom stereocenters. The van der Waals surface area contributed by atoms with Crippen LogP contribution >= 0.6 is 11.3 Å². The van der Waals surface area contributed by atoms with Gasteiger partial charge in [-0.15, -0.1) is 0 Å². The molecule has 0 unspecified atom stereocenters. The number of benzene rings is 2. The van der Waals surface area contributed by atoms with Gasteiger partial charge in [0.2, 0.25) is 0 Å². The SMILES string of the molecule is COC(=O)c1ccc(CNC(=O)c2cccc(-c3nnn(-c4nccs4)[n+]3C)c2)cc1. The molecule has 0 fully saturated rings. The molecule has 10 heteroatoms. The average Bonchev–Trinajstić information content (AvgIpc) is 3.47. The molecule has 1 N–H and O–H groups in total. The number of nitrogens with one attached hydrogen (secondary N) is 1. The molecule has 0 bridgehead atoms. The maximum Gasteiger partial charge on any atom is 0.337 e. The average molecular weight is 435 g/mol. The van der Waals surface area contributed by atoms with E-state index < -0.39 is 5.97 Å². The molecule has 0 radical (unpaired) electrons. The van der Waals surface area contributed by atoms with Crippen LogP contribution in [0.2, 0.25) is 0 Å². The molecule has 0 saturated carbocycles. The Morgan fingerprint density at radius 1 is 1.16 bits per heavy atom. The zero-order chi connectivity index (χ0) is 21.8. The van der Waals surface area contributed by atoms with Gasteiger partial charge in [0.05, 0.1) is 25.3 Å². The Kier molecular flexibility index (Phi) is 5.80. The molecular formula is C21H19N6O3S+. The summed E-state index contributed by atoms with van der Waals surface area (Å²) in [6.07, 6.45) is 1.70. The number of thiazole rings is 1. The second-order valence-electron chi connectivity index (χ2n) is 6.59. The highest BCUT2D eigenvalue weighted by atomic mass is 32.1. The first-order chi connectivity index (χ1) is 15.1. The van der Waals surface area contributed by atoms with Crippen molar-refractivity contribution in [1.29, 1.82) is 0 Å². The summed E-state index contributed by atoms with van der Waals surface area (Å²) in [7, 11) is 3.17. The van der Waals surface area contributed by atoms with Crippen molar-refractivity contribution in [3.63, 3.8) is 0 Å². The van der Waals surface area contributed by atoms with Crippen molar-refractivity contribution in [2.24, 2.45) is 7.05 Å². The van der Waals surface area contributed by atoms with Crippen molar-refractivity contribution in [1.82, 2.24) is 25.4 Å². The van der Waals surface area contributed by atoms with Crippen molar-refractivity contribution in [2.75, 3.05) is 7.11 Å². The Balaban J connectivity index is 1.47. The Labute approximate surface area is 181 Å². The molecule has 4 rings (SSSR count). The quantitative estimate of drug-likeness (QED) is 0.367. The van der Waals surface area contributed by atoms with Crippen LogP contribution in [-0.4, -0.2) is 39.1 Å². The summed E-state index contributed by atoms with van der Waals surface area (Å²) >= 11 is 1.45. The van der Waals surface area contributed by atoms with Gasteiger partial charge in [-0.3, -0.25) is 4.79 Å².